The van der Waals surface area contributed by atoms with Crippen molar-refractivity contribution in [2.45, 2.75) is 38.4 Å². The minimum Gasteiger partial charge on any atom is -0.487 e. The lowest BCUT2D eigenvalue weighted by Gasteiger charge is -2.18. The van der Waals surface area contributed by atoms with Gasteiger partial charge in [0.05, 0.1) is 16.6 Å². The van der Waals surface area contributed by atoms with Gasteiger partial charge in [0.2, 0.25) is 5.91 Å². The van der Waals surface area contributed by atoms with Gasteiger partial charge >= 0.3 is 6.18 Å². The maximum Gasteiger partial charge on any atom is 0.403 e. The fourth-order valence-corrected chi connectivity index (χ4v) is 4.97. The molecule has 0 atom stereocenters. The Hall–Kier alpha value is -3.71. The quantitative estimate of drug-likeness (QED) is 0.151. The molecule has 0 bridgehead atoms. The molecule has 1 heterocycles. The molecule has 2 amide bonds. The first-order valence-electron chi connectivity index (χ1n) is 13.0. The Morgan fingerprint density at radius 2 is 1.81 bits per heavy atom. The van der Waals surface area contributed by atoms with Crippen LogP contribution < -0.4 is 15.4 Å². The number of carbonyl (C=O) groups excluding carboxylic acids is 2. The zero-order valence-electron chi connectivity index (χ0n) is 22.1. The molecule has 3 N–H and O–H groups in total. The molecular formula is C29H23BrClF5N4O3. The number of hydrogen-bond acceptors (Lipinski definition) is 4. The zero-order chi connectivity index (χ0) is 30.9. The summed E-state index contributed by atoms with van der Waals surface area (Å²) >= 11 is 9.69. The molecule has 0 saturated heterocycles. The SMILES string of the molecule is O=C(Nc1ccc(Br)cc1)c1cc2[nH]c(Cc3cc(CNC(=O)C4(C(F)(F)F)CC4)ccc3Cl)nc2cc1OCC(F)F. The molecule has 0 unspecified atom stereocenters. The minimum absolute atomic E-state index is 0.00864. The number of ether oxygens (including phenoxy) is 1. The molecule has 226 valence electrons. The molecule has 14 heteroatoms. The fourth-order valence-electron chi connectivity index (χ4n) is 4.53. The highest BCUT2D eigenvalue weighted by Crippen LogP contribution is 2.57. The van der Waals surface area contributed by atoms with E-state index >= 15 is 0 Å². The smallest absolute Gasteiger partial charge is 0.403 e. The summed E-state index contributed by atoms with van der Waals surface area (Å²) in [4.78, 5) is 32.9. The van der Waals surface area contributed by atoms with Crippen molar-refractivity contribution in [1.29, 1.82) is 0 Å². The van der Waals surface area contributed by atoms with Gasteiger partial charge in [0.15, 0.2) is 0 Å². The number of alkyl halides is 5. The molecule has 4 aromatic rings. The predicted molar refractivity (Wildman–Crippen MR) is 154 cm³/mol. The van der Waals surface area contributed by atoms with Crippen molar-refractivity contribution >= 4 is 56.1 Å². The van der Waals surface area contributed by atoms with Crippen LogP contribution in [0.2, 0.25) is 5.02 Å². The molecule has 5 rings (SSSR count). The molecule has 0 aliphatic heterocycles. The van der Waals surface area contributed by atoms with E-state index in [1.54, 1.807) is 42.5 Å². The number of nitrogens with one attached hydrogen (secondary N) is 3. The van der Waals surface area contributed by atoms with E-state index in [0.717, 1.165) is 4.47 Å². The van der Waals surface area contributed by atoms with Crippen molar-refractivity contribution in [3.05, 3.63) is 86.6 Å². The second-order valence-electron chi connectivity index (χ2n) is 10.1. The molecule has 3 aromatic carbocycles. The van der Waals surface area contributed by atoms with Crippen molar-refractivity contribution in [3.8, 4) is 5.75 Å². The van der Waals surface area contributed by atoms with Crippen LogP contribution in [-0.4, -0.2) is 41.0 Å². The number of amides is 2. The second kappa shape index (κ2) is 12.1. The van der Waals surface area contributed by atoms with E-state index in [1.165, 1.54) is 12.1 Å². The topological polar surface area (TPSA) is 96.1 Å². The van der Waals surface area contributed by atoms with E-state index in [1.807, 2.05) is 0 Å². The van der Waals surface area contributed by atoms with Crippen molar-refractivity contribution in [2.75, 3.05) is 11.9 Å². The summed E-state index contributed by atoms with van der Waals surface area (Å²) in [6, 6.07) is 14.4. The molecule has 1 aromatic heterocycles. The average molecular weight is 686 g/mol. The lowest BCUT2D eigenvalue weighted by atomic mass is 10.0. The Morgan fingerprint density at radius 3 is 2.47 bits per heavy atom. The summed E-state index contributed by atoms with van der Waals surface area (Å²) in [5.74, 6) is -1.31. The summed E-state index contributed by atoms with van der Waals surface area (Å²) in [5, 5.41) is 5.44. The monoisotopic (exact) mass is 684 g/mol. The largest absolute Gasteiger partial charge is 0.487 e. The van der Waals surface area contributed by atoms with Crippen molar-refractivity contribution in [3.63, 3.8) is 0 Å². The van der Waals surface area contributed by atoms with Crippen LogP contribution in [-0.2, 0) is 17.8 Å². The Kier molecular flexibility index (Phi) is 8.66. The van der Waals surface area contributed by atoms with Gasteiger partial charge in [0.1, 0.15) is 23.6 Å². The lowest BCUT2D eigenvalue weighted by Crippen LogP contribution is -2.40. The van der Waals surface area contributed by atoms with E-state index in [0.29, 0.717) is 38.7 Å². The lowest BCUT2D eigenvalue weighted by molar-refractivity contribution is -0.192. The zero-order valence-corrected chi connectivity index (χ0v) is 24.5. The van der Waals surface area contributed by atoms with Crippen LogP contribution in [0.3, 0.4) is 0 Å². The fraction of sp³-hybridized carbons (Fsp3) is 0.276. The van der Waals surface area contributed by atoms with E-state index in [-0.39, 0.29) is 37.1 Å². The molecule has 1 saturated carbocycles. The predicted octanol–water partition coefficient (Wildman–Crippen LogP) is 7.42. The van der Waals surface area contributed by atoms with Crippen LogP contribution in [0.25, 0.3) is 11.0 Å². The number of aromatic amines is 1. The van der Waals surface area contributed by atoms with Crippen molar-refractivity contribution < 1.29 is 36.3 Å². The number of anilines is 1. The standard InChI is InChI=1S/C29H23BrClF5N4O3/c30-17-2-4-18(5-3-17)38-26(41)19-11-21-22(12-23(19)43-14-24(32)33)40-25(39-21)10-16-9-15(1-6-20(16)31)13-37-27(42)28(7-8-28)29(34,35)36/h1-6,9,11-12,24H,7-8,10,13-14H2,(H,37,42)(H,38,41)(H,39,40). The number of halogens is 7. The summed E-state index contributed by atoms with van der Waals surface area (Å²) in [6.07, 6.45) is -7.68. The summed E-state index contributed by atoms with van der Waals surface area (Å²) < 4.78 is 71.7. The van der Waals surface area contributed by atoms with Crippen LogP contribution >= 0.6 is 27.5 Å². The third-order valence-corrected chi connectivity index (χ3v) is 7.89. The first kappa shape index (κ1) is 30.7. The highest BCUT2D eigenvalue weighted by atomic mass is 79.9. The Morgan fingerprint density at radius 1 is 1.09 bits per heavy atom. The first-order chi connectivity index (χ1) is 20.3. The molecule has 43 heavy (non-hydrogen) atoms. The van der Waals surface area contributed by atoms with Gasteiger partial charge in [-0.25, -0.2) is 13.8 Å². The van der Waals surface area contributed by atoms with Crippen molar-refractivity contribution in [1.82, 2.24) is 15.3 Å². The maximum absolute atomic E-state index is 13.2. The van der Waals surface area contributed by atoms with E-state index < -0.39 is 36.4 Å². The molecule has 1 fully saturated rings. The van der Waals surface area contributed by atoms with Crippen LogP contribution in [0.15, 0.2) is 59.1 Å². The van der Waals surface area contributed by atoms with Gasteiger partial charge < -0.3 is 20.4 Å². The number of nitrogens with zero attached hydrogens (tertiary/aromatic N) is 1. The van der Waals surface area contributed by atoms with Gasteiger partial charge in [-0.15, -0.1) is 0 Å². The molecule has 0 spiro atoms. The average Bonchev–Trinajstić information content (AvgIpc) is 3.69. The Labute approximate surface area is 255 Å². The third-order valence-electron chi connectivity index (χ3n) is 6.99. The molecule has 0 radical (unpaired) electrons. The highest BCUT2D eigenvalue weighted by molar-refractivity contribution is 9.10. The van der Waals surface area contributed by atoms with E-state index in [4.69, 9.17) is 16.3 Å². The number of carbonyl (C=O) groups is 2. The van der Waals surface area contributed by atoms with Crippen LogP contribution in [0.1, 0.15) is 40.2 Å². The molecule has 7 nitrogen and oxygen atoms in total. The van der Waals surface area contributed by atoms with Crippen LogP contribution in [0.5, 0.6) is 5.75 Å². The van der Waals surface area contributed by atoms with Gasteiger partial charge in [0.25, 0.3) is 12.3 Å². The Balaban J connectivity index is 1.36. The normalized spacial score (nSPS) is 14.1. The Bertz CT molecular complexity index is 1670. The first-order valence-corrected chi connectivity index (χ1v) is 14.1. The summed E-state index contributed by atoms with van der Waals surface area (Å²) in [5.41, 5.74) is 0.0672. The number of rotatable bonds is 10. The van der Waals surface area contributed by atoms with Gasteiger partial charge in [-0.05, 0) is 60.4 Å². The summed E-state index contributed by atoms with van der Waals surface area (Å²) in [6.45, 7) is -1.05. The number of fused-ring (bicyclic) bond motifs is 1. The summed E-state index contributed by atoms with van der Waals surface area (Å²) in [7, 11) is 0. The number of imidazole rings is 1. The number of hydrogen-bond donors (Lipinski definition) is 3. The van der Waals surface area contributed by atoms with Gasteiger partial charge in [-0.3, -0.25) is 9.59 Å². The number of benzene rings is 3. The molecule has 1 aliphatic carbocycles. The second-order valence-corrected chi connectivity index (χ2v) is 11.4. The van der Waals surface area contributed by atoms with Crippen LogP contribution in [0, 0.1) is 5.41 Å². The van der Waals surface area contributed by atoms with Gasteiger partial charge in [0, 0.05) is 34.2 Å². The number of H-pyrrole nitrogens is 1. The maximum atomic E-state index is 13.2. The molecule has 1 aliphatic rings. The third kappa shape index (κ3) is 6.93. The van der Waals surface area contributed by atoms with Gasteiger partial charge in [-0.1, -0.05) is 39.7 Å². The van der Waals surface area contributed by atoms with E-state index in [2.05, 4.69) is 36.5 Å². The highest BCUT2D eigenvalue weighted by Gasteiger charge is 2.68. The number of aromatic nitrogens is 2. The van der Waals surface area contributed by atoms with E-state index in [9.17, 15) is 31.5 Å². The van der Waals surface area contributed by atoms with Gasteiger partial charge in [-0.2, -0.15) is 13.2 Å². The molecular weight excluding hydrogens is 663 g/mol. The van der Waals surface area contributed by atoms with Crippen LogP contribution in [0.4, 0.5) is 27.6 Å². The minimum atomic E-state index is -4.60. The van der Waals surface area contributed by atoms with Crippen molar-refractivity contribution in [2.24, 2.45) is 5.41 Å².